The van der Waals surface area contributed by atoms with E-state index in [1.54, 1.807) is 13.8 Å². The highest BCUT2D eigenvalue weighted by molar-refractivity contribution is 6.30. The molecule has 0 aliphatic heterocycles. The minimum absolute atomic E-state index is 0.0396. The van der Waals surface area contributed by atoms with Crippen molar-refractivity contribution in [2.24, 2.45) is 0 Å². The number of halogens is 3. The van der Waals surface area contributed by atoms with Crippen LogP contribution in [-0.2, 0) is 0 Å². The first-order valence-corrected chi connectivity index (χ1v) is 5.84. The predicted molar refractivity (Wildman–Crippen MR) is 68.5 cm³/mol. The monoisotopic (exact) mass is 299 g/mol. The normalized spacial score (nSPS) is 10.7. The number of aryl methyl sites for hydroxylation is 1. The van der Waals surface area contributed by atoms with Gasteiger partial charge in [-0.1, -0.05) is 11.6 Å². The lowest BCUT2D eigenvalue weighted by Crippen LogP contribution is -2.03. The lowest BCUT2D eigenvalue weighted by molar-refractivity contribution is -0.387. The number of hydrogen-bond donors (Lipinski definition) is 0. The smallest absolute Gasteiger partial charge is 0.258 e. The van der Waals surface area contributed by atoms with E-state index in [9.17, 15) is 18.9 Å². The van der Waals surface area contributed by atoms with Crippen molar-refractivity contribution >= 4 is 17.3 Å². The van der Waals surface area contributed by atoms with Crippen LogP contribution in [0.3, 0.4) is 0 Å². The van der Waals surface area contributed by atoms with Gasteiger partial charge >= 0.3 is 5.69 Å². The molecule has 1 aromatic heterocycles. The third-order valence-corrected chi connectivity index (χ3v) is 3.19. The number of benzene rings is 1. The van der Waals surface area contributed by atoms with Gasteiger partial charge in [0.05, 0.1) is 10.5 Å². The van der Waals surface area contributed by atoms with Crippen LogP contribution < -0.4 is 0 Å². The van der Waals surface area contributed by atoms with Crippen LogP contribution in [-0.4, -0.2) is 14.9 Å². The second kappa shape index (κ2) is 5.09. The summed E-state index contributed by atoms with van der Waals surface area (Å²) in [4.78, 5) is 17.4. The quantitative estimate of drug-likeness (QED) is 0.482. The fraction of sp³-hybridized carbons (Fsp3) is 0.167. The van der Waals surface area contributed by atoms with Crippen LogP contribution in [0.4, 0.5) is 14.5 Å². The minimum atomic E-state index is -1.32. The van der Waals surface area contributed by atoms with Gasteiger partial charge in [0.1, 0.15) is 11.0 Å². The van der Waals surface area contributed by atoms with Gasteiger partial charge in [-0.05, 0) is 19.9 Å². The first-order valence-electron chi connectivity index (χ1n) is 5.46. The molecule has 0 unspecified atom stereocenters. The zero-order chi connectivity index (χ0) is 15.0. The average molecular weight is 300 g/mol. The fourth-order valence-electron chi connectivity index (χ4n) is 1.59. The Morgan fingerprint density at radius 3 is 2.45 bits per heavy atom. The van der Waals surface area contributed by atoms with Crippen molar-refractivity contribution < 1.29 is 13.7 Å². The molecule has 0 saturated carbocycles. The number of nitro groups is 1. The van der Waals surface area contributed by atoms with Crippen LogP contribution in [0.5, 0.6) is 0 Å². The highest BCUT2D eigenvalue weighted by atomic mass is 35.5. The average Bonchev–Trinajstić information content (AvgIpc) is 2.35. The summed E-state index contributed by atoms with van der Waals surface area (Å²) in [5.74, 6) is -2.64. The summed E-state index contributed by atoms with van der Waals surface area (Å²) in [6.45, 7) is 3.25. The zero-order valence-electron chi connectivity index (χ0n) is 10.4. The van der Waals surface area contributed by atoms with Crippen molar-refractivity contribution in [2.75, 3.05) is 0 Å². The molecule has 2 aromatic rings. The molecule has 1 heterocycles. The van der Waals surface area contributed by atoms with Crippen molar-refractivity contribution in [3.05, 3.63) is 50.3 Å². The van der Waals surface area contributed by atoms with Crippen molar-refractivity contribution in [3.8, 4) is 11.4 Å². The van der Waals surface area contributed by atoms with E-state index in [0.717, 1.165) is 12.1 Å². The van der Waals surface area contributed by atoms with Gasteiger partial charge in [0, 0.05) is 17.3 Å². The molecule has 0 fully saturated rings. The minimum Gasteiger partial charge on any atom is -0.258 e. The highest BCUT2D eigenvalue weighted by Gasteiger charge is 2.25. The van der Waals surface area contributed by atoms with E-state index in [2.05, 4.69) is 9.97 Å². The number of hydrogen-bond acceptors (Lipinski definition) is 4. The van der Waals surface area contributed by atoms with Crippen molar-refractivity contribution in [2.45, 2.75) is 13.8 Å². The first-order chi connectivity index (χ1) is 9.32. The third kappa shape index (κ3) is 2.32. The maximum absolute atomic E-state index is 14.0. The molecule has 5 nitrogen and oxygen atoms in total. The van der Waals surface area contributed by atoms with Crippen molar-refractivity contribution in [1.82, 2.24) is 9.97 Å². The molecule has 0 radical (unpaired) electrons. The van der Waals surface area contributed by atoms with Crippen molar-refractivity contribution in [3.63, 3.8) is 0 Å². The Labute approximate surface area is 117 Å². The van der Waals surface area contributed by atoms with E-state index in [1.165, 1.54) is 0 Å². The SMILES string of the molecule is Cc1nc(-c2c(F)ccc([N+](=O)[O-])c2F)nc(Cl)c1C. The molecule has 8 heteroatoms. The molecule has 0 spiro atoms. The van der Waals surface area contributed by atoms with E-state index in [1.807, 2.05) is 0 Å². The van der Waals surface area contributed by atoms with Gasteiger partial charge in [0.15, 0.2) is 5.82 Å². The van der Waals surface area contributed by atoms with Crippen molar-refractivity contribution in [1.29, 1.82) is 0 Å². The summed E-state index contributed by atoms with van der Waals surface area (Å²) in [5.41, 5.74) is -0.504. The summed E-state index contributed by atoms with van der Waals surface area (Å²) in [7, 11) is 0. The molecule has 1 aromatic carbocycles. The van der Waals surface area contributed by atoms with Crippen LogP contribution >= 0.6 is 11.6 Å². The summed E-state index contributed by atoms with van der Waals surface area (Å²) >= 11 is 5.85. The van der Waals surface area contributed by atoms with E-state index in [0.29, 0.717) is 11.3 Å². The molecule has 0 N–H and O–H groups in total. The lowest BCUT2D eigenvalue weighted by Gasteiger charge is -2.08. The van der Waals surface area contributed by atoms with Gasteiger partial charge in [-0.15, -0.1) is 0 Å². The van der Waals surface area contributed by atoms with Crippen LogP contribution in [0.2, 0.25) is 5.15 Å². The Hall–Kier alpha value is -2.15. The van der Waals surface area contributed by atoms with Gasteiger partial charge < -0.3 is 0 Å². The molecular formula is C12H8ClF2N3O2. The van der Waals surface area contributed by atoms with E-state index < -0.39 is 27.8 Å². The summed E-state index contributed by atoms with van der Waals surface area (Å²) in [5, 5.41) is 10.7. The van der Waals surface area contributed by atoms with Crippen LogP contribution in [0.1, 0.15) is 11.3 Å². The Balaban J connectivity index is 2.76. The van der Waals surface area contributed by atoms with Gasteiger partial charge in [-0.2, -0.15) is 4.39 Å². The topological polar surface area (TPSA) is 68.9 Å². The maximum Gasteiger partial charge on any atom is 0.305 e. The predicted octanol–water partition coefficient (Wildman–Crippen LogP) is 3.60. The highest BCUT2D eigenvalue weighted by Crippen LogP contribution is 2.31. The van der Waals surface area contributed by atoms with E-state index >= 15 is 0 Å². The molecule has 0 atom stereocenters. The Morgan fingerprint density at radius 1 is 1.25 bits per heavy atom. The standard InChI is InChI=1S/C12H8ClF2N3O2/c1-5-6(2)16-12(17-11(5)13)9-7(14)3-4-8(10(9)15)18(19)20/h3-4H,1-2H3. The maximum atomic E-state index is 14.0. The molecule has 0 aliphatic carbocycles. The van der Waals surface area contributed by atoms with Crippen LogP contribution in [0.15, 0.2) is 12.1 Å². The summed E-state index contributed by atoms with van der Waals surface area (Å²) in [6, 6.07) is 1.54. The summed E-state index contributed by atoms with van der Waals surface area (Å²) in [6.07, 6.45) is 0. The summed E-state index contributed by atoms with van der Waals surface area (Å²) < 4.78 is 27.8. The number of aromatic nitrogens is 2. The molecular weight excluding hydrogens is 292 g/mol. The second-order valence-electron chi connectivity index (χ2n) is 4.06. The van der Waals surface area contributed by atoms with E-state index in [4.69, 9.17) is 11.6 Å². The van der Waals surface area contributed by atoms with Gasteiger partial charge in [0.2, 0.25) is 5.82 Å². The number of rotatable bonds is 2. The second-order valence-corrected chi connectivity index (χ2v) is 4.42. The number of nitrogens with zero attached hydrogens (tertiary/aromatic N) is 3. The van der Waals surface area contributed by atoms with Crippen LogP contribution in [0.25, 0.3) is 11.4 Å². The largest absolute Gasteiger partial charge is 0.305 e. The molecule has 0 bridgehead atoms. The molecule has 2 rings (SSSR count). The van der Waals surface area contributed by atoms with Gasteiger partial charge in [-0.3, -0.25) is 10.1 Å². The number of nitro benzene ring substituents is 1. The fourth-order valence-corrected chi connectivity index (χ4v) is 1.81. The Kier molecular flexibility index (Phi) is 3.63. The zero-order valence-corrected chi connectivity index (χ0v) is 11.2. The Bertz CT molecular complexity index is 699. The lowest BCUT2D eigenvalue weighted by atomic mass is 10.1. The first kappa shape index (κ1) is 14.3. The van der Waals surface area contributed by atoms with Gasteiger partial charge in [0.25, 0.3) is 0 Å². The third-order valence-electron chi connectivity index (χ3n) is 2.82. The molecule has 20 heavy (non-hydrogen) atoms. The molecule has 0 aliphatic rings. The molecule has 0 amide bonds. The Morgan fingerprint density at radius 2 is 1.90 bits per heavy atom. The molecule has 0 saturated heterocycles. The van der Waals surface area contributed by atoms with E-state index in [-0.39, 0.29) is 11.0 Å². The molecule has 104 valence electrons. The van der Waals surface area contributed by atoms with Gasteiger partial charge in [-0.25, -0.2) is 14.4 Å². The van der Waals surface area contributed by atoms with Crippen LogP contribution in [0, 0.1) is 35.6 Å².